The standard InChI is InChI=1S/2C9H8.C5H10.2CH3.2ClH.Li.Zr.H/c2*1-2-5-9-7-3-6-8(9)4-1;1-2-4-5-3-1;;;;;;;/h2*1-6H,7H2;1-5H2;2*1H3;2*1H;;;/q;;;2*-1;;;+1;+4;-1/p-2. The molecule has 0 N–H and O–H groups in total. The third kappa shape index (κ3) is 12.4. The van der Waals surface area contributed by atoms with Crippen molar-refractivity contribution in [2.24, 2.45) is 0 Å². The summed E-state index contributed by atoms with van der Waals surface area (Å²) in [5.41, 5.74) is 5.69. The first-order valence-corrected chi connectivity index (χ1v) is 15.6. The quantitative estimate of drug-likeness (QED) is 0.313. The van der Waals surface area contributed by atoms with Crippen LogP contribution < -0.4 is 18.9 Å². The first-order valence-electron chi connectivity index (χ1n) is 9.30. The number of benzene rings is 2. The average molecular weight is 503 g/mol. The summed E-state index contributed by atoms with van der Waals surface area (Å²) in [6.45, 7) is 0. The number of hydrogen-bond donors (Lipinski definition) is 0. The normalized spacial score (nSPS) is 13.0. The van der Waals surface area contributed by atoms with Gasteiger partial charge in [-0.25, -0.2) is 0 Å². The molecule has 1 fully saturated rings. The van der Waals surface area contributed by atoms with E-state index in [1.807, 2.05) is 0 Å². The van der Waals surface area contributed by atoms with E-state index in [-0.39, 0.29) is 35.1 Å². The fourth-order valence-corrected chi connectivity index (χ4v) is 3.27. The van der Waals surface area contributed by atoms with Crippen molar-refractivity contribution >= 4 is 29.2 Å². The van der Waals surface area contributed by atoms with Gasteiger partial charge in [-0.2, -0.15) is 0 Å². The van der Waals surface area contributed by atoms with Gasteiger partial charge in [0.2, 0.25) is 0 Å². The number of halogens is 2. The zero-order valence-corrected chi connectivity index (χ0v) is 22.1. The van der Waals surface area contributed by atoms with Gasteiger partial charge in [-0.05, 0) is 35.1 Å². The number of hydrogen-bond acceptors (Lipinski definition) is 0. The summed E-state index contributed by atoms with van der Waals surface area (Å²) in [4.78, 5) is 0. The van der Waals surface area contributed by atoms with Crippen molar-refractivity contribution in [1.29, 1.82) is 0 Å². The Morgan fingerprint density at radius 3 is 1.24 bits per heavy atom. The van der Waals surface area contributed by atoms with Gasteiger partial charge in [0.1, 0.15) is 0 Å². The topological polar surface area (TPSA) is 0 Å². The van der Waals surface area contributed by atoms with Gasteiger partial charge < -0.3 is 16.3 Å². The number of fused-ring (bicyclic) bond motifs is 2. The summed E-state index contributed by atoms with van der Waals surface area (Å²) in [6.07, 6.45) is 18.5. The van der Waals surface area contributed by atoms with E-state index in [2.05, 4.69) is 72.8 Å². The Morgan fingerprint density at radius 1 is 0.621 bits per heavy atom. The molecule has 3 aliphatic rings. The molecule has 0 unspecified atom stereocenters. The molecular formula is C25H33Cl2LiZr. The van der Waals surface area contributed by atoms with Crippen LogP contribution in [0, 0.1) is 14.9 Å². The minimum Gasteiger partial charge on any atom is -1.00 e. The van der Waals surface area contributed by atoms with Crippen LogP contribution in [0.25, 0.3) is 12.2 Å². The van der Waals surface area contributed by atoms with Crippen LogP contribution in [0.3, 0.4) is 0 Å². The smallest absolute Gasteiger partial charge is 1.00 e. The minimum atomic E-state index is -0.826. The maximum atomic E-state index is 4.93. The molecule has 1 saturated carbocycles. The summed E-state index contributed by atoms with van der Waals surface area (Å²) in [5, 5.41) is 0. The van der Waals surface area contributed by atoms with Crippen LogP contribution in [0.1, 0.15) is 55.8 Å². The van der Waals surface area contributed by atoms with Crippen molar-refractivity contribution in [2.45, 2.75) is 44.9 Å². The van der Waals surface area contributed by atoms with Gasteiger partial charge in [0, 0.05) is 0 Å². The van der Waals surface area contributed by atoms with E-state index in [1.165, 1.54) is 54.4 Å². The van der Waals surface area contributed by atoms with E-state index in [0.717, 1.165) is 12.8 Å². The third-order valence-electron chi connectivity index (χ3n) is 4.63. The van der Waals surface area contributed by atoms with Crippen LogP contribution >= 0.6 is 17.0 Å². The van der Waals surface area contributed by atoms with Crippen molar-refractivity contribution < 1.29 is 41.1 Å². The summed E-state index contributed by atoms with van der Waals surface area (Å²) < 4.78 is 0. The molecule has 0 aliphatic heterocycles. The molecule has 0 spiro atoms. The summed E-state index contributed by atoms with van der Waals surface area (Å²) >= 11 is -0.826. The molecule has 0 bridgehead atoms. The van der Waals surface area contributed by atoms with Crippen LogP contribution in [-0.4, -0.2) is 0 Å². The molecule has 5 rings (SSSR count). The third-order valence-corrected chi connectivity index (χ3v) is 4.63. The average Bonchev–Trinajstić information content (AvgIpc) is 3.46. The zero-order chi connectivity index (χ0) is 18.5. The zero-order valence-electron chi connectivity index (χ0n) is 19.1. The van der Waals surface area contributed by atoms with Gasteiger partial charge in [0.15, 0.2) is 0 Å². The van der Waals surface area contributed by atoms with Gasteiger partial charge in [0.05, 0.1) is 0 Å². The van der Waals surface area contributed by atoms with Crippen LogP contribution in [0.15, 0.2) is 60.7 Å². The molecule has 0 saturated heterocycles. The summed E-state index contributed by atoms with van der Waals surface area (Å²) in [5.74, 6) is 0. The number of allylic oxidation sites excluding steroid dienone is 2. The predicted octanol–water partition coefficient (Wildman–Crippen LogP) is 5.86. The maximum Gasteiger partial charge on any atom is 1.00 e. The molecule has 0 amide bonds. The van der Waals surface area contributed by atoms with Crippen molar-refractivity contribution in [3.8, 4) is 0 Å². The van der Waals surface area contributed by atoms with E-state index in [9.17, 15) is 0 Å². The van der Waals surface area contributed by atoms with Crippen LogP contribution in [-0.2, 0) is 33.7 Å². The van der Waals surface area contributed by atoms with Crippen molar-refractivity contribution in [2.75, 3.05) is 0 Å². The Labute approximate surface area is 211 Å². The molecule has 0 aromatic heterocycles. The molecule has 0 radical (unpaired) electrons. The largest absolute Gasteiger partial charge is 1.00 e. The fourth-order valence-electron chi connectivity index (χ4n) is 3.27. The summed E-state index contributed by atoms with van der Waals surface area (Å²) in [6, 6.07) is 17.0. The second kappa shape index (κ2) is 19.9. The van der Waals surface area contributed by atoms with Gasteiger partial charge in [-0.1, -0.05) is 105 Å². The molecule has 2 aromatic rings. The molecule has 0 atom stereocenters. The van der Waals surface area contributed by atoms with Gasteiger partial charge >= 0.3 is 56.7 Å². The Kier molecular flexibility index (Phi) is 21.4. The Hall–Kier alpha value is -0.0195. The molecule has 3 aliphatic carbocycles. The summed E-state index contributed by atoms with van der Waals surface area (Å²) in [7, 11) is 9.87. The van der Waals surface area contributed by atoms with E-state index in [1.54, 1.807) is 0 Å². The van der Waals surface area contributed by atoms with E-state index in [4.69, 9.17) is 17.0 Å². The van der Waals surface area contributed by atoms with Crippen molar-refractivity contribution in [3.63, 3.8) is 0 Å². The SMILES string of the molecule is C1=Cc2ccccc2C1.C1=Cc2ccccc2C1.C1CCCC1.[CH3-].[CH3-].[Cl][Zr+2][Cl].[H-].[Li+]. The van der Waals surface area contributed by atoms with Gasteiger partial charge in [-0.3, -0.25) is 0 Å². The van der Waals surface area contributed by atoms with E-state index < -0.39 is 20.8 Å². The molecular weight excluding hydrogens is 469 g/mol. The first kappa shape index (κ1) is 31.2. The second-order valence-corrected chi connectivity index (χ2v) is 10.2. The molecule has 0 heterocycles. The Bertz CT molecular complexity index is 653. The molecule has 4 heteroatoms. The monoisotopic (exact) mass is 500 g/mol. The maximum absolute atomic E-state index is 4.93. The number of rotatable bonds is 0. The van der Waals surface area contributed by atoms with Gasteiger partial charge in [0.25, 0.3) is 0 Å². The van der Waals surface area contributed by atoms with Crippen molar-refractivity contribution in [3.05, 3.63) is 97.8 Å². The van der Waals surface area contributed by atoms with E-state index in [0.29, 0.717) is 0 Å². The second-order valence-electron chi connectivity index (χ2n) is 6.45. The molecule has 29 heavy (non-hydrogen) atoms. The van der Waals surface area contributed by atoms with Gasteiger partial charge in [-0.15, -0.1) is 0 Å². The fraction of sp³-hybridized carbons (Fsp3) is 0.280. The molecule has 0 nitrogen and oxygen atoms in total. The minimum absolute atomic E-state index is 0. The van der Waals surface area contributed by atoms with Crippen LogP contribution in [0.5, 0.6) is 0 Å². The predicted molar refractivity (Wildman–Crippen MR) is 127 cm³/mol. The molecule has 152 valence electrons. The van der Waals surface area contributed by atoms with E-state index >= 15 is 0 Å². The van der Waals surface area contributed by atoms with Crippen LogP contribution in [0.2, 0.25) is 0 Å². The Morgan fingerprint density at radius 2 is 0.931 bits per heavy atom. The van der Waals surface area contributed by atoms with Crippen molar-refractivity contribution in [1.82, 2.24) is 0 Å². The van der Waals surface area contributed by atoms with Crippen LogP contribution in [0.4, 0.5) is 0 Å². The Balaban J connectivity index is -0.000000331. The first-order chi connectivity index (χ1) is 12.8. The molecule has 2 aromatic carbocycles.